The zero-order valence-corrected chi connectivity index (χ0v) is 13.9. The maximum absolute atomic E-state index is 13.7. The van der Waals surface area contributed by atoms with E-state index >= 15 is 0 Å². The quantitative estimate of drug-likeness (QED) is 0.897. The van der Waals surface area contributed by atoms with Gasteiger partial charge in [0.2, 0.25) is 15.9 Å². The van der Waals surface area contributed by atoms with E-state index in [1.54, 1.807) is 24.3 Å². The largest absolute Gasteiger partial charge is 0.325 e. The lowest BCUT2D eigenvalue weighted by Crippen LogP contribution is -2.35. The fourth-order valence-electron chi connectivity index (χ4n) is 2.01. The third-order valence-corrected chi connectivity index (χ3v) is 5.14. The van der Waals surface area contributed by atoms with Gasteiger partial charge in [-0.2, -0.15) is 4.31 Å². The summed E-state index contributed by atoms with van der Waals surface area (Å²) in [6.07, 6.45) is 0. The van der Waals surface area contributed by atoms with Crippen molar-refractivity contribution in [2.75, 3.05) is 18.9 Å². The predicted molar refractivity (Wildman–Crippen MR) is 86.0 cm³/mol. The molecular weight excluding hydrogens is 338 g/mol. The van der Waals surface area contributed by atoms with Gasteiger partial charge in [0.15, 0.2) is 4.90 Å². The Kier molecular flexibility index (Phi) is 5.30. The molecule has 2 rings (SSSR count). The van der Waals surface area contributed by atoms with Crippen LogP contribution in [0.5, 0.6) is 0 Å². The molecule has 0 bridgehead atoms. The first-order chi connectivity index (χ1) is 11.2. The molecule has 0 aliphatic rings. The summed E-state index contributed by atoms with van der Waals surface area (Å²) in [6, 6.07) is 9.65. The van der Waals surface area contributed by atoms with Crippen LogP contribution in [0.2, 0.25) is 0 Å². The highest BCUT2D eigenvalue weighted by Gasteiger charge is 2.29. The van der Waals surface area contributed by atoms with Crippen molar-refractivity contribution in [1.82, 2.24) is 4.31 Å². The van der Waals surface area contributed by atoms with E-state index in [0.717, 1.165) is 30.8 Å². The summed E-state index contributed by atoms with van der Waals surface area (Å²) in [4.78, 5) is 10.9. The summed E-state index contributed by atoms with van der Waals surface area (Å²) in [5.74, 6) is -3.04. The lowest BCUT2D eigenvalue weighted by atomic mass is 10.2. The third-order valence-electron chi connectivity index (χ3n) is 3.29. The second kappa shape index (κ2) is 7.06. The molecule has 0 aliphatic carbocycles. The molecule has 5 nitrogen and oxygen atoms in total. The van der Waals surface area contributed by atoms with Crippen LogP contribution in [0, 0.1) is 18.6 Å². The smallest absolute Gasteiger partial charge is 0.249 e. The van der Waals surface area contributed by atoms with Gasteiger partial charge in [-0.1, -0.05) is 23.8 Å². The van der Waals surface area contributed by atoms with Crippen LogP contribution in [0.1, 0.15) is 5.56 Å². The lowest BCUT2D eigenvalue weighted by Gasteiger charge is -2.17. The Morgan fingerprint density at radius 3 is 2.17 bits per heavy atom. The highest BCUT2D eigenvalue weighted by Crippen LogP contribution is 2.21. The van der Waals surface area contributed by atoms with Gasteiger partial charge in [0, 0.05) is 12.7 Å². The van der Waals surface area contributed by atoms with Crippen molar-refractivity contribution < 1.29 is 22.0 Å². The van der Waals surface area contributed by atoms with Gasteiger partial charge in [-0.15, -0.1) is 0 Å². The van der Waals surface area contributed by atoms with Crippen LogP contribution in [-0.4, -0.2) is 32.2 Å². The molecule has 128 valence electrons. The number of likely N-dealkylation sites (N-methyl/N-ethyl adjacent to an activating group) is 1. The highest BCUT2D eigenvalue weighted by molar-refractivity contribution is 7.89. The molecule has 0 radical (unpaired) electrons. The van der Waals surface area contributed by atoms with E-state index in [1.807, 2.05) is 6.92 Å². The van der Waals surface area contributed by atoms with Gasteiger partial charge in [-0.05, 0) is 31.2 Å². The van der Waals surface area contributed by atoms with Crippen LogP contribution in [0.15, 0.2) is 47.4 Å². The summed E-state index contributed by atoms with van der Waals surface area (Å²) < 4.78 is 52.5. The van der Waals surface area contributed by atoms with Gasteiger partial charge in [0.05, 0.1) is 6.54 Å². The number of sulfonamides is 1. The van der Waals surface area contributed by atoms with Gasteiger partial charge in [-0.3, -0.25) is 4.79 Å². The van der Waals surface area contributed by atoms with Crippen LogP contribution < -0.4 is 5.32 Å². The summed E-state index contributed by atoms with van der Waals surface area (Å²) in [5, 5.41) is 2.52. The van der Waals surface area contributed by atoms with Crippen molar-refractivity contribution in [2.45, 2.75) is 11.8 Å². The monoisotopic (exact) mass is 354 g/mol. The first-order valence-electron chi connectivity index (χ1n) is 6.98. The molecule has 2 aromatic rings. The van der Waals surface area contributed by atoms with Gasteiger partial charge in [-0.25, -0.2) is 17.2 Å². The molecule has 0 spiro atoms. The highest BCUT2D eigenvalue weighted by atomic mass is 32.2. The van der Waals surface area contributed by atoms with E-state index in [-0.39, 0.29) is 0 Å². The average Bonchev–Trinajstić information content (AvgIpc) is 2.49. The number of benzene rings is 2. The number of amides is 1. The van der Waals surface area contributed by atoms with Gasteiger partial charge in [0.1, 0.15) is 11.6 Å². The fourth-order valence-corrected chi connectivity index (χ4v) is 3.24. The number of carbonyl (C=O) groups excluding carboxylic acids is 1. The van der Waals surface area contributed by atoms with E-state index < -0.39 is 39.0 Å². The summed E-state index contributed by atoms with van der Waals surface area (Å²) in [5.41, 5.74) is 1.50. The lowest BCUT2D eigenvalue weighted by molar-refractivity contribution is -0.116. The predicted octanol–water partition coefficient (Wildman–Crippen LogP) is 2.53. The Bertz CT molecular complexity index is 832. The molecule has 0 saturated carbocycles. The normalized spacial score (nSPS) is 11.5. The molecule has 0 heterocycles. The number of rotatable bonds is 5. The van der Waals surface area contributed by atoms with Crippen LogP contribution >= 0.6 is 0 Å². The molecule has 24 heavy (non-hydrogen) atoms. The second-order valence-electron chi connectivity index (χ2n) is 5.23. The Hall–Kier alpha value is -2.32. The molecule has 0 fully saturated rings. The first-order valence-corrected chi connectivity index (χ1v) is 8.42. The minimum Gasteiger partial charge on any atom is -0.325 e. The average molecular weight is 354 g/mol. The maximum Gasteiger partial charge on any atom is 0.249 e. The summed E-state index contributed by atoms with van der Waals surface area (Å²) in [6.45, 7) is 1.30. The molecule has 0 unspecified atom stereocenters. The van der Waals surface area contributed by atoms with Gasteiger partial charge in [0.25, 0.3) is 0 Å². The maximum atomic E-state index is 13.7. The molecular formula is C16H16F2N2O3S. The van der Waals surface area contributed by atoms with Crippen LogP contribution in [0.3, 0.4) is 0 Å². The SMILES string of the molecule is Cc1ccc(NC(=O)CN(C)S(=O)(=O)c2c(F)cccc2F)cc1. The molecule has 1 N–H and O–H groups in total. The zero-order chi connectivity index (χ0) is 17.9. The van der Waals surface area contributed by atoms with Gasteiger partial charge >= 0.3 is 0 Å². The van der Waals surface area contributed by atoms with Crippen molar-refractivity contribution in [3.63, 3.8) is 0 Å². The Morgan fingerprint density at radius 2 is 1.62 bits per heavy atom. The standard InChI is InChI=1S/C16H16F2N2O3S/c1-11-6-8-12(9-7-11)19-15(21)10-20(2)24(22,23)16-13(17)4-3-5-14(16)18/h3-9H,10H2,1-2H3,(H,19,21). The van der Waals surface area contributed by atoms with Crippen LogP contribution in [0.4, 0.5) is 14.5 Å². The molecule has 0 atom stereocenters. The van der Waals surface area contributed by atoms with Crippen molar-refractivity contribution >= 4 is 21.6 Å². The number of hydrogen-bond acceptors (Lipinski definition) is 3. The molecule has 1 amide bonds. The molecule has 0 saturated heterocycles. The fraction of sp³-hybridized carbons (Fsp3) is 0.188. The number of nitrogens with zero attached hydrogens (tertiary/aromatic N) is 1. The van der Waals surface area contributed by atoms with Crippen molar-refractivity contribution in [1.29, 1.82) is 0 Å². The third kappa shape index (κ3) is 3.95. The van der Waals surface area contributed by atoms with E-state index in [1.165, 1.54) is 0 Å². The van der Waals surface area contributed by atoms with Crippen molar-refractivity contribution in [3.8, 4) is 0 Å². The van der Waals surface area contributed by atoms with Gasteiger partial charge < -0.3 is 5.32 Å². The molecule has 0 aromatic heterocycles. The Morgan fingerprint density at radius 1 is 1.08 bits per heavy atom. The zero-order valence-electron chi connectivity index (χ0n) is 13.1. The molecule has 0 aliphatic heterocycles. The topological polar surface area (TPSA) is 66.5 Å². The second-order valence-corrected chi connectivity index (χ2v) is 7.21. The number of hydrogen-bond donors (Lipinski definition) is 1. The number of carbonyl (C=O) groups is 1. The van der Waals surface area contributed by atoms with E-state index in [0.29, 0.717) is 9.99 Å². The molecule has 2 aromatic carbocycles. The Balaban J connectivity index is 2.14. The number of anilines is 1. The van der Waals surface area contributed by atoms with E-state index in [2.05, 4.69) is 5.32 Å². The van der Waals surface area contributed by atoms with E-state index in [4.69, 9.17) is 0 Å². The van der Waals surface area contributed by atoms with Crippen molar-refractivity contribution in [3.05, 3.63) is 59.7 Å². The number of aryl methyl sites for hydroxylation is 1. The number of nitrogens with one attached hydrogen (secondary N) is 1. The summed E-state index contributed by atoms with van der Waals surface area (Å²) in [7, 11) is -3.39. The first kappa shape index (κ1) is 18.0. The summed E-state index contributed by atoms with van der Waals surface area (Å²) >= 11 is 0. The van der Waals surface area contributed by atoms with E-state index in [9.17, 15) is 22.0 Å². The minimum atomic E-state index is -4.47. The number of halogens is 2. The Labute approximate surface area is 139 Å². The minimum absolute atomic E-state index is 0.494. The van der Waals surface area contributed by atoms with Crippen LogP contribution in [-0.2, 0) is 14.8 Å². The van der Waals surface area contributed by atoms with Crippen molar-refractivity contribution in [2.24, 2.45) is 0 Å². The van der Waals surface area contributed by atoms with Crippen LogP contribution in [0.25, 0.3) is 0 Å². The molecule has 8 heteroatoms.